The third-order valence-electron chi connectivity index (χ3n) is 6.08. The Kier molecular flexibility index (Phi) is 6.92. The average Bonchev–Trinajstić information content (AvgIpc) is 3.02. The Hall–Kier alpha value is -0.890. The van der Waals surface area contributed by atoms with Crippen molar-refractivity contribution in [2.45, 2.75) is 82.8 Å². The van der Waals surface area contributed by atoms with E-state index in [1.54, 1.807) is 0 Å². The Morgan fingerprint density at radius 1 is 1.08 bits per heavy atom. The standard InChI is InChI=1S/C18H36N6O/c1-12-10-16(20-9-3-8-19)23-17(21-12)24-18(25)22-15-7-6-13-4-2-5-14(13)11-15/h12-17,20-21,23H,2-11,19H2,1H3,(H2,22,24,25). The fraction of sp³-hybridized carbons (Fsp3) is 0.944. The van der Waals surface area contributed by atoms with Crippen molar-refractivity contribution in [2.24, 2.45) is 17.6 Å². The van der Waals surface area contributed by atoms with Gasteiger partial charge in [-0.25, -0.2) is 4.79 Å². The van der Waals surface area contributed by atoms with Gasteiger partial charge in [0.2, 0.25) is 0 Å². The second kappa shape index (κ2) is 9.16. The Labute approximate surface area is 151 Å². The Morgan fingerprint density at radius 3 is 2.76 bits per heavy atom. The van der Waals surface area contributed by atoms with Crippen molar-refractivity contribution in [3.05, 3.63) is 0 Å². The molecule has 7 nitrogen and oxygen atoms in total. The molecule has 2 amide bonds. The van der Waals surface area contributed by atoms with Crippen LogP contribution in [0.4, 0.5) is 4.79 Å². The fourth-order valence-electron chi connectivity index (χ4n) is 4.82. The minimum Gasteiger partial charge on any atom is -0.335 e. The van der Waals surface area contributed by atoms with Gasteiger partial charge in [-0.2, -0.15) is 0 Å². The highest BCUT2D eigenvalue weighted by Gasteiger charge is 2.34. The number of urea groups is 1. The summed E-state index contributed by atoms with van der Waals surface area (Å²) in [6, 6.07) is 0.607. The van der Waals surface area contributed by atoms with Gasteiger partial charge in [0.1, 0.15) is 6.29 Å². The Balaban J connectivity index is 1.40. The number of rotatable bonds is 6. The summed E-state index contributed by atoms with van der Waals surface area (Å²) in [5.41, 5.74) is 5.55. The van der Waals surface area contributed by atoms with Gasteiger partial charge >= 0.3 is 6.03 Å². The van der Waals surface area contributed by atoms with E-state index in [1.807, 2.05) is 0 Å². The molecule has 0 aromatic rings. The van der Waals surface area contributed by atoms with E-state index in [0.29, 0.717) is 18.6 Å². The molecule has 1 aliphatic heterocycles. The minimum atomic E-state index is -0.207. The predicted molar refractivity (Wildman–Crippen MR) is 99.7 cm³/mol. The molecule has 3 fully saturated rings. The summed E-state index contributed by atoms with van der Waals surface area (Å²) in [5.74, 6) is 1.75. The minimum absolute atomic E-state index is 0.0683. The highest BCUT2D eigenvalue weighted by Crippen LogP contribution is 2.41. The van der Waals surface area contributed by atoms with Crippen molar-refractivity contribution in [1.82, 2.24) is 26.6 Å². The predicted octanol–water partition coefficient (Wildman–Crippen LogP) is 0.774. The molecule has 0 aromatic heterocycles. The summed E-state index contributed by atoms with van der Waals surface area (Å²) < 4.78 is 0. The molecule has 0 bridgehead atoms. The monoisotopic (exact) mass is 352 g/mol. The van der Waals surface area contributed by atoms with Crippen LogP contribution in [0.2, 0.25) is 0 Å². The Morgan fingerprint density at radius 2 is 1.92 bits per heavy atom. The van der Waals surface area contributed by atoms with Crippen LogP contribution in [0, 0.1) is 11.8 Å². The lowest BCUT2D eigenvalue weighted by atomic mass is 9.79. The van der Waals surface area contributed by atoms with E-state index in [2.05, 4.69) is 33.5 Å². The first-order valence-electron chi connectivity index (χ1n) is 10.2. The maximum absolute atomic E-state index is 12.4. The number of fused-ring (bicyclic) bond motifs is 1. The maximum atomic E-state index is 12.4. The summed E-state index contributed by atoms with van der Waals surface area (Å²) in [7, 11) is 0. The highest BCUT2D eigenvalue weighted by molar-refractivity contribution is 5.74. The quantitative estimate of drug-likeness (QED) is 0.397. The highest BCUT2D eigenvalue weighted by atomic mass is 16.2. The molecule has 144 valence electrons. The molecule has 0 radical (unpaired) electrons. The number of hydrogen-bond acceptors (Lipinski definition) is 5. The lowest BCUT2D eigenvalue weighted by Crippen LogP contribution is -2.68. The SMILES string of the molecule is CC1CC(NCCCN)NC(NC(=O)NC2CCC3CCCC3C2)N1. The molecule has 6 unspecified atom stereocenters. The van der Waals surface area contributed by atoms with Crippen molar-refractivity contribution in [2.75, 3.05) is 13.1 Å². The molecule has 3 aliphatic rings. The zero-order chi connectivity index (χ0) is 17.6. The van der Waals surface area contributed by atoms with E-state index in [4.69, 9.17) is 5.73 Å². The van der Waals surface area contributed by atoms with Gasteiger partial charge in [-0.3, -0.25) is 10.6 Å². The fourth-order valence-corrected chi connectivity index (χ4v) is 4.82. The van der Waals surface area contributed by atoms with E-state index in [-0.39, 0.29) is 18.5 Å². The molecular formula is C18H36N6O. The molecule has 1 saturated heterocycles. The van der Waals surface area contributed by atoms with Gasteiger partial charge in [-0.1, -0.05) is 19.3 Å². The molecule has 0 spiro atoms. The number of hydrogen-bond donors (Lipinski definition) is 6. The van der Waals surface area contributed by atoms with E-state index >= 15 is 0 Å². The summed E-state index contributed by atoms with van der Waals surface area (Å²) in [5, 5.41) is 16.5. The lowest BCUT2D eigenvalue weighted by Gasteiger charge is -2.37. The van der Waals surface area contributed by atoms with Crippen LogP contribution >= 0.6 is 0 Å². The van der Waals surface area contributed by atoms with Crippen LogP contribution in [0.15, 0.2) is 0 Å². The smallest absolute Gasteiger partial charge is 0.317 e. The van der Waals surface area contributed by atoms with E-state index in [0.717, 1.165) is 44.1 Å². The first-order valence-corrected chi connectivity index (χ1v) is 10.2. The second-order valence-electron chi connectivity index (χ2n) is 8.13. The van der Waals surface area contributed by atoms with E-state index < -0.39 is 0 Å². The van der Waals surface area contributed by atoms with Crippen molar-refractivity contribution in [3.8, 4) is 0 Å². The van der Waals surface area contributed by atoms with Crippen LogP contribution in [0.1, 0.15) is 58.3 Å². The number of carbonyl (C=O) groups excluding carboxylic acids is 1. The first-order chi connectivity index (χ1) is 12.1. The number of amides is 2. The van der Waals surface area contributed by atoms with Gasteiger partial charge in [0.15, 0.2) is 0 Å². The number of nitrogens with one attached hydrogen (secondary N) is 5. The normalized spacial score (nSPS) is 38.2. The van der Waals surface area contributed by atoms with Crippen LogP contribution in [0.5, 0.6) is 0 Å². The van der Waals surface area contributed by atoms with Crippen LogP contribution in [0.3, 0.4) is 0 Å². The van der Waals surface area contributed by atoms with Crippen LogP contribution < -0.4 is 32.3 Å². The van der Waals surface area contributed by atoms with Crippen LogP contribution in [-0.2, 0) is 0 Å². The van der Waals surface area contributed by atoms with Gasteiger partial charge in [0.05, 0.1) is 6.17 Å². The lowest BCUT2D eigenvalue weighted by molar-refractivity contribution is 0.178. The zero-order valence-corrected chi connectivity index (χ0v) is 15.5. The summed E-state index contributed by atoms with van der Waals surface area (Å²) in [6.07, 6.45) is 9.62. The topological polar surface area (TPSA) is 103 Å². The van der Waals surface area contributed by atoms with Crippen LogP contribution in [0.25, 0.3) is 0 Å². The molecule has 2 aliphatic carbocycles. The molecule has 7 heteroatoms. The average molecular weight is 353 g/mol. The number of carbonyl (C=O) groups is 1. The third kappa shape index (κ3) is 5.54. The Bertz CT molecular complexity index is 434. The first kappa shape index (κ1) is 18.9. The maximum Gasteiger partial charge on any atom is 0.317 e. The number of nitrogens with two attached hydrogens (primary N) is 1. The molecule has 0 aromatic carbocycles. The summed E-state index contributed by atoms with van der Waals surface area (Å²) >= 11 is 0. The molecule has 7 N–H and O–H groups in total. The van der Waals surface area contributed by atoms with E-state index in [1.165, 1.54) is 25.7 Å². The van der Waals surface area contributed by atoms with Crippen LogP contribution in [-0.4, -0.2) is 43.7 Å². The summed E-state index contributed by atoms with van der Waals surface area (Å²) in [4.78, 5) is 12.4. The molecular weight excluding hydrogens is 316 g/mol. The molecule has 1 heterocycles. The van der Waals surface area contributed by atoms with Gasteiger partial charge in [-0.05, 0) is 64.0 Å². The van der Waals surface area contributed by atoms with E-state index in [9.17, 15) is 4.79 Å². The van der Waals surface area contributed by atoms with Gasteiger partial charge in [0, 0.05) is 12.1 Å². The molecule has 25 heavy (non-hydrogen) atoms. The molecule has 6 atom stereocenters. The van der Waals surface area contributed by atoms with Crippen molar-refractivity contribution < 1.29 is 4.79 Å². The summed E-state index contributed by atoms with van der Waals surface area (Å²) in [6.45, 7) is 3.73. The van der Waals surface area contributed by atoms with Crippen molar-refractivity contribution in [1.29, 1.82) is 0 Å². The third-order valence-corrected chi connectivity index (χ3v) is 6.08. The van der Waals surface area contributed by atoms with Gasteiger partial charge < -0.3 is 21.7 Å². The van der Waals surface area contributed by atoms with Crippen molar-refractivity contribution in [3.63, 3.8) is 0 Å². The molecule has 2 saturated carbocycles. The van der Waals surface area contributed by atoms with Gasteiger partial charge in [0.25, 0.3) is 0 Å². The van der Waals surface area contributed by atoms with Crippen molar-refractivity contribution >= 4 is 6.03 Å². The zero-order valence-electron chi connectivity index (χ0n) is 15.5. The largest absolute Gasteiger partial charge is 0.335 e. The molecule has 3 rings (SSSR count). The van der Waals surface area contributed by atoms with Gasteiger partial charge in [-0.15, -0.1) is 0 Å². The second-order valence-corrected chi connectivity index (χ2v) is 8.13.